The monoisotopic (exact) mass is 286 g/mol. The standard InChI is InChI=1S/C11H15BrN2O2/c1-2-9(5-6-15)14-11(16)10-4-3-8(12)7-13-10/h3-4,7,9,15H,2,5-6H2,1H3,(H,14,16). The number of pyridine rings is 1. The van der Waals surface area contributed by atoms with Crippen molar-refractivity contribution in [2.75, 3.05) is 6.61 Å². The van der Waals surface area contributed by atoms with Gasteiger partial charge in [0.1, 0.15) is 5.69 Å². The number of carbonyl (C=O) groups excluding carboxylic acids is 1. The van der Waals surface area contributed by atoms with E-state index in [1.165, 1.54) is 0 Å². The minimum absolute atomic E-state index is 0.00273. The Hall–Kier alpha value is -0.940. The first-order valence-corrected chi connectivity index (χ1v) is 6.00. The molecule has 5 heteroatoms. The summed E-state index contributed by atoms with van der Waals surface area (Å²) in [6.45, 7) is 2.04. The number of nitrogens with one attached hydrogen (secondary N) is 1. The van der Waals surface area contributed by atoms with E-state index in [2.05, 4.69) is 26.2 Å². The van der Waals surface area contributed by atoms with E-state index in [0.29, 0.717) is 12.1 Å². The average Bonchev–Trinajstić information content (AvgIpc) is 2.29. The second kappa shape index (κ2) is 6.60. The summed E-state index contributed by atoms with van der Waals surface area (Å²) in [7, 11) is 0. The fourth-order valence-corrected chi connectivity index (χ4v) is 1.54. The minimum Gasteiger partial charge on any atom is -0.396 e. The van der Waals surface area contributed by atoms with Gasteiger partial charge in [0.2, 0.25) is 0 Å². The largest absolute Gasteiger partial charge is 0.396 e. The predicted molar refractivity (Wildman–Crippen MR) is 65.2 cm³/mol. The Morgan fingerprint density at radius 3 is 2.88 bits per heavy atom. The van der Waals surface area contributed by atoms with Crippen molar-refractivity contribution < 1.29 is 9.90 Å². The van der Waals surface area contributed by atoms with E-state index in [9.17, 15) is 4.79 Å². The summed E-state index contributed by atoms with van der Waals surface area (Å²) in [6.07, 6.45) is 2.95. The van der Waals surface area contributed by atoms with E-state index in [4.69, 9.17) is 5.11 Å². The molecule has 1 aromatic heterocycles. The van der Waals surface area contributed by atoms with Crippen molar-refractivity contribution in [1.29, 1.82) is 0 Å². The number of aromatic nitrogens is 1. The zero-order valence-corrected chi connectivity index (χ0v) is 10.7. The van der Waals surface area contributed by atoms with Gasteiger partial charge in [0.15, 0.2) is 0 Å². The van der Waals surface area contributed by atoms with Crippen LogP contribution in [0.2, 0.25) is 0 Å². The van der Waals surface area contributed by atoms with Crippen LogP contribution in [-0.2, 0) is 0 Å². The number of hydrogen-bond donors (Lipinski definition) is 2. The Labute approximate surface area is 103 Å². The molecule has 1 rings (SSSR count). The van der Waals surface area contributed by atoms with Gasteiger partial charge < -0.3 is 10.4 Å². The molecule has 0 saturated carbocycles. The van der Waals surface area contributed by atoms with Crippen LogP contribution in [0.15, 0.2) is 22.8 Å². The number of hydrogen-bond acceptors (Lipinski definition) is 3. The van der Waals surface area contributed by atoms with Crippen LogP contribution in [0.1, 0.15) is 30.3 Å². The Morgan fingerprint density at radius 2 is 2.38 bits per heavy atom. The smallest absolute Gasteiger partial charge is 0.270 e. The van der Waals surface area contributed by atoms with Crippen LogP contribution in [0.25, 0.3) is 0 Å². The minimum atomic E-state index is -0.201. The Kier molecular flexibility index (Phi) is 5.42. The lowest BCUT2D eigenvalue weighted by molar-refractivity contribution is 0.0924. The summed E-state index contributed by atoms with van der Waals surface area (Å²) in [4.78, 5) is 15.7. The SMILES string of the molecule is CCC(CCO)NC(=O)c1ccc(Br)cn1. The van der Waals surface area contributed by atoms with E-state index in [-0.39, 0.29) is 18.6 Å². The summed E-state index contributed by atoms with van der Waals surface area (Å²) in [5.74, 6) is -0.201. The predicted octanol–water partition coefficient (Wildman–Crippen LogP) is 1.73. The number of aliphatic hydroxyl groups excluding tert-OH is 1. The van der Waals surface area contributed by atoms with E-state index < -0.39 is 0 Å². The Morgan fingerprint density at radius 1 is 1.62 bits per heavy atom. The molecule has 1 amide bonds. The highest BCUT2D eigenvalue weighted by Gasteiger charge is 2.12. The number of rotatable bonds is 5. The van der Waals surface area contributed by atoms with Crippen LogP contribution in [0, 0.1) is 0 Å². The van der Waals surface area contributed by atoms with Gasteiger partial charge in [-0.25, -0.2) is 4.98 Å². The zero-order valence-electron chi connectivity index (χ0n) is 9.11. The third-order valence-corrected chi connectivity index (χ3v) is 2.73. The number of nitrogens with zero attached hydrogens (tertiary/aromatic N) is 1. The third kappa shape index (κ3) is 3.90. The lowest BCUT2D eigenvalue weighted by Crippen LogP contribution is -2.35. The second-order valence-electron chi connectivity index (χ2n) is 3.45. The first-order chi connectivity index (χ1) is 7.67. The summed E-state index contributed by atoms with van der Waals surface area (Å²) in [5.41, 5.74) is 0.389. The van der Waals surface area contributed by atoms with Crippen molar-refractivity contribution in [3.63, 3.8) is 0 Å². The van der Waals surface area contributed by atoms with Gasteiger partial charge in [0, 0.05) is 23.3 Å². The van der Waals surface area contributed by atoms with Crippen LogP contribution in [0.3, 0.4) is 0 Å². The molecule has 1 aromatic rings. The third-order valence-electron chi connectivity index (χ3n) is 2.27. The summed E-state index contributed by atoms with van der Waals surface area (Å²) in [6, 6.07) is 3.43. The lowest BCUT2D eigenvalue weighted by Gasteiger charge is -2.15. The van der Waals surface area contributed by atoms with E-state index in [0.717, 1.165) is 10.9 Å². The van der Waals surface area contributed by atoms with Gasteiger partial charge in [-0.3, -0.25) is 4.79 Å². The van der Waals surface area contributed by atoms with Crippen molar-refractivity contribution in [3.8, 4) is 0 Å². The highest BCUT2D eigenvalue weighted by Crippen LogP contribution is 2.08. The molecule has 0 bridgehead atoms. The molecule has 1 heterocycles. The first-order valence-electron chi connectivity index (χ1n) is 5.20. The highest BCUT2D eigenvalue weighted by molar-refractivity contribution is 9.10. The molecule has 0 spiro atoms. The van der Waals surface area contributed by atoms with E-state index in [1.807, 2.05) is 6.92 Å². The van der Waals surface area contributed by atoms with Gasteiger partial charge in [-0.1, -0.05) is 6.92 Å². The van der Waals surface area contributed by atoms with Crippen LogP contribution < -0.4 is 5.32 Å². The maximum atomic E-state index is 11.7. The first kappa shape index (κ1) is 13.1. The molecule has 1 atom stereocenters. The van der Waals surface area contributed by atoms with Gasteiger partial charge in [-0.15, -0.1) is 0 Å². The Bertz CT molecular complexity index is 340. The zero-order chi connectivity index (χ0) is 12.0. The molecule has 0 radical (unpaired) electrons. The van der Waals surface area contributed by atoms with Gasteiger partial charge in [0.05, 0.1) is 0 Å². The molecule has 0 aromatic carbocycles. The number of halogens is 1. The van der Waals surface area contributed by atoms with Crippen molar-refractivity contribution in [1.82, 2.24) is 10.3 Å². The normalized spacial score (nSPS) is 12.2. The second-order valence-corrected chi connectivity index (χ2v) is 4.37. The molecular formula is C11H15BrN2O2. The maximum absolute atomic E-state index is 11.7. The van der Waals surface area contributed by atoms with Crippen molar-refractivity contribution in [2.45, 2.75) is 25.8 Å². The molecule has 4 nitrogen and oxygen atoms in total. The van der Waals surface area contributed by atoms with Crippen LogP contribution in [-0.4, -0.2) is 28.6 Å². The highest BCUT2D eigenvalue weighted by atomic mass is 79.9. The maximum Gasteiger partial charge on any atom is 0.270 e. The summed E-state index contributed by atoms with van der Waals surface area (Å²) in [5, 5.41) is 11.6. The molecule has 88 valence electrons. The summed E-state index contributed by atoms with van der Waals surface area (Å²) >= 11 is 3.26. The quantitative estimate of drug-likeness (QED) is 0.867. The Balaban J connectivity index is 2.60. The molecule has 1 unspecified atom stereocenters. The van der Waals surface area contributed by atoms with Gasteiger partial charge in [-0.2, -0.15) is 0 Å². The molecule has 0 aliphatic heterocycles. The fraction of sp³-hybridized carbons (Fsp3) is 0.455. The summed E-state index contributed by atoms with van der Waals surface area (Å²) < 4.78 is 0.839. The van der Waals surface area contributed by atoms with Crippen molar-refractivity contribution in [2.24, 2.45) is 0 Å². The molecular weight excluding hydrogens is 272 g/mol. The molecule has 0 fully saturated rings. The van der Waals surface area contributed by atoms with Gasteiger partial charge >= 0.3 is 0 Å². The molecule has 0 saturated heterocycles. The number of aliphatic hydroxyl groups is 1. The van der Waals surface area contributed by atoms with E-state index >= 15 is 0 Å². The van der Waals surface area contributed by atoms with Crippen molar-refractivity contribution in [3.05, 3.63) is 28.5 Å². The van der Waals surface area contributed by atoms with Gasteiger partial charge in [-0.05, 0) is 40.9 Å². The average molecular weight is 287 g/mol. The van der Waals surface area contributed by atoms with Crippen LogP contribution >= 0.6 is 15.9 Å². The van der Waals surface area contributed by atoms with Crippen LogP contribution in [0.4, 0.5) is 0 Å². The molecule has 0 aliphatic rings. The van der Waals surface area contributed by atoms with Crippen molar-refractivity contribution >= 4 is 21.8 Å². The van der Waals surface area contributed by atoms with Gasteiger partial charge in [0.25, 0.3) is 5.91 Å². The fourth-order valence-electron chi connectivity index (χ4n) is 1.30. The van der Waals surface area contributed by atoms with E-state index in [1.54, 1.807) is 18.3 Å². The molecule has 16 heavy (non-hydrogen) atoms. The molecule has 2 N–H and O–H groups in total. The van der Waals surface area contributed by atoms with Crippen LogP contribution in [0.5, 0.6) is 0 Å². The lowest BCUT2D eigenvalue weighted by atomic mass is 10.1. The topological polar surface area (TPSA) is 62.2 Å². The number of amides is 1. The number of carbonyl (C=O) groups is 1. The molecule has 0 aliphatic carbocycles.